The Morgan fingerprint density at radius 2 is 1.96 bits per heavy atom. The van der Waals surface area contributed by atoms with Crippen molar-refractivity contribution in [1.29, 1.82) is 0 Å². The smallest absolute Gasteiger partial charge is 0.288 e. The molecular formula is C19H20ClN3O4S. The standard InChI is InChI=1S/C19H20ClN3O4S/c1-3-4-9-27-14-7-5-13(6-8-14)18(24)22-19(28)21-16-11-15(20)17(23(25)26)10-12(16)2/h5-8,10-11H,3-4,9H2,1-2H3,(H2,21,22,24,28). The number of benzene rings is 2. The van der Waals surface area contributed by atoms with E-state index in [4.69, 9.17) is 28.6 Å². The Kier molecular flexibility index (Phi) is 7.71. The van der Waals surface area contributed by atoms with Gasteiger partial charge in [-0.1, -0.05) is 24.9 Å². The first-order valence-corrected chi connectivity index (χ1v) is 9.40. The summed E-state index contributed by atoms with van der Waals surface area (Å²) in [6.07, 6.45) is 2.01. The SMILES string of the molecule is CCCCOc1ccc(C(=O)NC(=S)Nc2cc(Cl)c([N+](=O)[O-])cc2C)cc1. The van der Waals surface area contributed by atoms with Crippen molar-refractivity contribution in [1.82, 2.24) is 5.32 Å². The van der Waals surface area contributed by atoms with Crippen LogP contribution in [-0.4, -0.2) is 22.5 Å². The van der Waals surface area contributed by atoms with Crippen molar-refractivity contribution in [3.05, 3.63) is 62.7 Å². The molecule has 28 heavy (non-hydrogen) atoms. The second-order valence-electron chi connectivity index (χ2n) is 6.01. The Hall–Kier alpha value is -2.71. The van der Waals surface area contributed by atoms with Crippen LogP contribution in [0.15, 0.2) is 36.4 Å². The Labute approximate surface area is 173 Å². The number of nitro groups is 1. The second-order valence-corrected chi connectivity index (χ2v) is 6.83. The van der Waals surface area contributed by atoms with Crippen LogP contribution < -0.4 is 15.4 Å². The van der Waals surface area contributed by atoms with E-state index in [-0.39, 0.29) is 21.7 Å². The summed E-state index contributed by atoms with van der Waals surface area (Å²) in [5.41, 5.74) is 1.27. The van der Waals surface area contributed by atoms with E-state index in [1.165, 1.54) is 12.1 Å². The molecule has 9 heteroatoms. The van der Waals surface area contributed by atoms with Crippen molar-refractivity contribution in [2.45, 2.75) is 26.7 Å². The molecule has 0 aliphatic rings. The van der Waals surface area contributed by atoms with Crippen molar-refractivity contribution in [2.24, 2.45) is 0 Å². The molecule has 0 spiro atoms. The summed E-state index contributed by atoms with van der Waals surface area (Å²) < 4.78 is 5.56. The molecule has 0 fully saturated rings. The molecule has 7 nitrogen and oxygen atoms in total. The molecule has 0 saturated heterocycles. The highest BCUT2D eigenvalue weighted by Crippen LogP contribution is 2.30. The number of anilines is 1. The number of aryl methyl sites for hydroxylation is 1. The quantitative estimate of drug-likeness (QED) is 0.287. The number of amides is 1. The van der Waals surface area contributed by atoms with Crippen LogP contribution in [0.25, 0.3) is 0 Å². The van der Waals surface area contributed by atoms with Crippen LogP contribution in [0, 0.1) is 17.0 Å². The molecule has 0 unspecified atom stereocenters. The molecule has 1 amide bonds. The van der Waals surface area contributed by atoms with E-state index >= 15 is 0 Å². The number of nitrogens with zero attached hydrogens (tertiary/aromatic N) is 1. The third-order valence-corrected chi connectivity index (χ3v) is 4.36. The highest BCUT2D eigenvalue weighted by molar-refractivity contribution is 7.80. The zero-order valence-corrected chi connectivity index (χ0v) is 17.0. The number of carbonyl (C=O) groups is 1. The lowest BCUT2D eigenvalue weighted by Crippen LogP contribution is -2.34. The van der Waals surface area contributed by atoms with Crippen molar-refractivity contribution in [3.63, 3.8) is 0 Å². The van der Waals surface area contributed by atoms with Gasteiger partial charge < -0.3 is 10.1 Å². The Balaban J connectivity index is 1.98. The van der Waals surface area contributed by atoms with Gasteiger partial charge in [0.05, 0.1) is 11.5 Å². The summed E-state index contributed by atoms with van der Waals surface area (Å²) >= 11 is 11.1. The van der Waals surface area contributed by atoms with Crippen molar-refractivity contribution < 1.29 is 14.5 Å². The lowest BCUT2D eigenvalue weighted by Gasteiger charge is -2.12. The molecule has 2 N–H and O–H groups in total. The van der Waals surface area contributed by atoms with Gasteiger partial charge in [-0.15, -0.1) is 0 Å². The normalized spacial score (nSPS) is 10.2. The molecule has 148 valence electrons. The van der Waals surface area contributed by atoms with E-state index in [1.54, 1.807) is 31.2 Å². The molecular weight excluding hydrogens is 402 g/mol. The molecule has 2 rings (SSSR count). The Morgan fingerprint density at radius 3 is 2.57 bits per heavy atom. The predicted octanol–water partition coefficient (Wildman–Crippen LogP) is 4.86. The van der Waals surface area contributed by atoms with Gasteiger partial charge in [0.15, 0.2) is 5.11 Å². The molecule has 2 aromatic rings. The van der Waals surface area contributed by atoms with Crippen LogP contribution >= 0.6 is 23.8 Å². The zero-order chi connectivity index (χ0) is 20.7. The summed E-state index contributed by atoms with van der Waals surface area (Å²) in [5, 5.41) is 16.3. The molecule has 0 saturated carbocycles. The number of unbranched alkanes of at least 4 members (excludes halogenated alkanes) is 1. The van der Waals surface area contributed by atoms with Gasteiger partial charge >= 0.3 is 0 Å². The summed E-state index contributed by atoms with van der Waals surface area (Å²) in [6, 6.07) is 9.48. The third-order valence-electron chi connectivity index (χ3n) is 3.85. The zero-order valence-electron chi connectivity index (χ0n) is 15.5. The van der Waals surface area contributed by atoms with E-state index in [0.29, 0.717) is 29.2 Å². The fourth-order valence-corrected chi connectivity index (χ4v) is 2.74. The number of carbonyl (C=O) groups excluding carboxylic acids is 1. The minimum Gasteiger partial charge on any atom is -0.494 e. The molecule has 0 heterocycles. The summed E-state index contributed by atoms with van der Waals surface area (Å²) in [5.74, 6) is 0.310. The number of hydrogen-bond acceptors (Lipinski definition) is 5. The molecule has 0 radical (unpaired) electrons. The number of nitro benzene ring substituents is 1. The molecule has 0 bridgehead atoms. The van der Waals surface area contributed by atoms with Crippen LogP contribution in [0.5, 0.6) is 5.75 Å². The topological polar surface area (TPSA) is 93.5 Å². The number of ether oxygens (including phenoxy) is 1. The van der Waals surface area contributed by atoms with Gasteiger partial charge in [0.25, 0.3) is 11.6 Å². The van der Waals surface area contributed by atoms with E-state index < -0.39 is 4.92 Å². The molecule has 0 aliphatic carbocycles. The van der Waals surface area contributed by atoms with E-state index in [0.717, 1.165) is 12.8 Å². The predicted molar refractivity (Wildman–Crippen MR) is 113 cm³/mol. The van der Waals surface area contributed by atoms with Crippen molar-refractivity contribution in [3.8, 4) is 5.75 Å². The van der Waals surface area contributed by atoms with Crippen LogP contribution in [0.2, 0.25) is 5.02 Å². The van der Waals surface area contributed by atoms with Gasteiger partial charge in [0.2, 0.25) is 0 Å². The number of halogens is 1. The van der Waals surface area contributed by atoms with Gasteiger partial charge in [0.1, 0.15) is 10.8 Å². The van der Waals surface area contributed by atoms with Crippen LogP contribution in [0.1, 0.15) is 35.7 Å². The lowest BCUT2D eigenvalue weighted by molar-refractivity contribution is -0.384. The number of rotatable bonds is 7. The average molecular weight is 422 g/mol. The first kappa shape index (κ1) is 21.6. The van der Waals surface area contributed by atoms with Crippen molar-refractivity contribution in [2.75, 3.05) is 11.9 Å². The summed E-state index contributed by atoms with van der Waals surface area (Å²) in [7, 11) is 0. The maximum atomic E-state index is 12.3. The maximum absolute atomic E-state index is 12.3. The maximum Gasteiger partial charge on any atom is 0.288 e. The molecule has 0 aromatic heterocycles. The van der Waals surface area contributed by atoms with Gasteiger partial charge in [-0.25, -0.2) is 0 Å². The first-order chi connectivity index (χ1) is 13.3. The van der Waals surface area contributed by atoms with Crippen molar-refractivity contribution >= 4 is 46.2 Å². The van der Waals surface area contributed by atoms with Gasteiger partial charge in [-0.2, -0.15) is 0 Å². The van der Waals surface area contributed by atoms with Gasteiger partial charge in [0, 0.05) is 17.3 Å². The van der Waals surface area contributed by atoms with E-state index in [2.05, 4.69) is 17.6 Å². The Morgan fingerprint density at radius 1 is 1.29 bits per heavy atom. The molecule has 2 aromatic carbocycles. The minimum absolute atomic E-state index is 0.0223. The third kappa shape index (κ3) is 5.90. The number of hydrogen-bond donors (Lipinski definition) is 2. The Bertz CT molecular complexity index is 887. The van der Waals surface area contributed by atoms with Gasteiger partial charge in [-0.05, 0) is 61.5 Å². The van der Waals surface area contributed by atoms with E-state index in [1.807, 2.05) is 0 Å². The first-order valence-electron chi connectivity index (χ1n) is 8.61. The highest BCUT2D eigenvalue weighted by Gasteiger charge is 2.16. The van der Waals surface area contributed by atoms with Crippen LogP contribution in [0.4, 0.5) is 11.4 Å². The number of thiocarbonyl (C=S) groups is 1. The average Bonchev–Trinajstić information content (AvgIpc) is 2.64. The molecule has 0 aliphatic heterocycles. The molecule has 0 atom stereocenters. The van der Waals surface area contributed by atoms with Gasteiger partial charge in [-0.3, -0.25) is 20.2 Å². The second kappa shape index (κ2) is 10.0. The van der Waals surface area contributed by atoms with E-state index in [9.17, 15) is 14.9 Å². The monoisotopic (exact) mass is 421 g/mol. The summed E-state index contributed by atoms with van der Waals surface area (Å²) in [4.78, 5) is 22.7. The number of nitrogens with one attached hydrogen (secondary N) is 2. The minimum atomic E-state index is -0.561. The van der Waals surface area contributed by atoms with Crippen LogP contribution in [-0.2, 0) is 0 Å². The lowest BCUT2D eigenvalue weighted by atomic mass is 10.2. The largest absolute Gasteiger partial charge is 0.494 e. The summed E-state index contributed by atoms with van der Waals surface area (Å²) in [6.45, 7) is 4.39. The van der Waals surface area contributed by atoms with Crippen LogP contribution in [0.3, 0.4) is 0 Å². The fraction of sp³-hybridized carbons (Fsp3) is 0.263. The highest BCUT2D eigenvalue weighted by atomic mass is 35.5. The fourth-order valence-electron chi connectivity index (χ4n) is 2.31.